The van der Waals surface area contributed by atoms with Crippen molar-refractivity contribution < 1.29 is 28.3 Å². The zero-order valence-electron chi connectivity index (χ0n) is 18.2. The number of carbonyl (C=O) groups is 1. The quantitative estimate of drug-likeness (QED) is 0.502. The van der Waals surface area contributed by atoms with Crippen LogP contribution in [0.2, 0.25) is 0 Å². The van der Waals surface area contributed by atoms with Crippen molar-refractivity contribution in [3.63, 3.8) is 0 Å². The summed E-state index contributed by atoms with van der Waals surface area (Å²) >= 11 is 0. The number of aromatic nitrogens is 2. The minimum Gasteiger partial charge on any atom is -0.493 e. The maximum Gasteiger partial charge on any atom is 0.261 e. The summed E-state index contributed by atoms with van der Waals surface area (Å²) in [7, 11) is 4.73. The highest BCUT2D eigenvalue weighted by atomic mass is 16.5. The summed E-state index contributed by atoms with van der Waals surface area (Å²) in [5.41, 5.74) is 1.25. The van der Waals surface area contributed by atoms with Crippen LogP contribution in [0.25, 0.3) is 11.5 Å². The smallest absolute Gasteiger partial charge is 0.261 e. The number of hydrogen-bond donors (Lipinski definition) is 0. The molecule has 0 atom stereocenters. The molecule has 168 valence electrons. The summed E-state index contributed by atoms with van der Waals surface area (Å²) in [5, 5.41) is 3.99. The van der Waals surface area contributed by atoms with Crippen molar-refractivity contribution in [1.29, 1.82) is 0 Å². The molecule has 4 rings (SSSR count). The van der Waals surface area contributed by atoms with Gasteiger partial charge in [0.1, 0.15) is 11.9 Å². The van der Waals surface area contributed by atoms with Crippen molar-refractivity contribution in [1.82, 2.24) is 15.0 Å². The first kappa shape index (κ1) is 21.6. The van der Waals surface area contributed by atoms with E-state index in [1.807, 2.05) is 24.3 Å². The summed E-state index contributed by atoms with van der Waals surface area (Å²) in [6.07, 6.45) is 0.440. The highest BCUT2D eigenvalue weighted by Gasteiger charge is 2.34. The van der Waals surface area contributed by atoms with Crippen LogP contribution in [0.15, 0.2) is 47.0 Å². The van der Waals surface area contributed by atoms with Crippen molar-refractivity contribution in [2.24, 2.45) is 0 Å². The molecule has 0 bridgehead atoms. The molecule has 0 N–H and O–H groups in total. The normalized spacial score (nSPS) is 13.5. The summed E-state index contributed by atoms with van der Waals surface area (Å²) < 4.78 is 27.1. The third kappa shape index (κ3) is 4.52. The lowest BCUT2D eigenvalue weighted by atomic mass is 10.1. The average Bonchev–Trinajstić information content (AvgIpc) is 3.27. The second-order valence-electron chi connectivity index (χ2n) is 7.27. The number of hydrogen-bond acceptors (Lipinski definition) is 8. The highest BCUT2D eigenvalue weighted by Crippen LogP contribution is 2.32. The minimum absolute atomic E-state index is 0.0845. The first-order valence-corrected chi connectivity index (χ1v) is 10.2. The van der Waals surface area contributed by atoms with Gasteiger partial charge in [-0.2, -0.15) is 4.98 Å². The summed E-state index contributed by atoms with van der Waals surface area (Å²) in [6.45, 7) is 1.47. The molecule has 1 fully saturated rings. The molecule has 1 aliphatic heterocycles. The Morgan fingerprint density at radius 3 is 2.59 bits per heavy atom. The van der Waals surface area contributed by atoms with Crippen LogP contribution in [0.3, 0.4) is 0 Å². The van der Waals surface area contributed by atoms with Gasteiger partial charge in [0.15, 0.2) is 17.3 Å². The van der Waals surface area contributed by atoms with E-state index in [-0.39, 0.29) is 12.0 Å². The SMILES string of the molecule is COCCc1noc(-c2ccccc2OC2CN(C(=O)c3ccc(OC)c(OC)c3)C2)n1. The van der Waals surface area contributed by atoms with Crippen LogP contribution in [0.1, 0.15) is 16.2 Å². The standard InChI is InChI=1S/C23H25N3O6/c1-28-11-10-21-24-22(32-25-21)17-6-4-5-7-18(17)31-16-13-26(14-16)23(27)15-8-9-19(29-2)20(12-15)30-3/h4-9,12,16H,10-11,13-14H2,1-3H3. The summed E-state index contributed by atoms with van der Waals surface area (Å²) in [4.78, 5) is 18.9. The lowest BCUT2D eigenvalue weighted by Gasteiger charge is -2.39. The molecule has 0 saturated carbocycles. The molecule has 2 heterocycles. The Hall–Kier alpha value is -3.59. The molecule has 9 heteroatoms. The predicted molar refractivity (Wildman–Crippen MR) is 115 cm³/mol. The molecule has 1 aliphatic rings. The van der Waals surface area contributed by atoms with Crippen LogP contribution in [0, 0.1) is 0 Å². The number of methoxy groups -OCH3 is 3. The molecule has 0 radical (unpaired) electrons. The molecule has 1 amide bonds. The van der Waals surface area contributed by atoms with E-state index in [0.29, 0.717) is 66.2 Å². The maximum absolute atomic E-state index is 12.8. The molecule has 9 nitrogen and oxygen atoms in total. The van der Waals surface area contributed by atoms with Gasteiger partial charge < -0.3 is 28.4 Å². The third-order valence-electron chi connectivity index (χ3n) is 5.17. The third-order valence-corrected chi connectivity index (χ3v) is 5.17. The molecule has 1 aromatic heterocycles. The molecule has 2 aromatic carbocycles. The Kier molecular flexibility index (Phi) is 6.55. The molecule has 0 aliphatic carbocycles. The van der Waals surface area contributed by atoms with E-state index in [2.05, 4.69) is 10.1 Å². The maximum atomic E-state index is 12.8. The summed E-state index contributed by atoms with van der Waals surface area (Å²) in [5.74, 6) is 2.62. The number of benzene rings is 2. The largest absolute Gasteiger partial charge is 0.493 e. The van der Waals surface area contributed by atoms with Crippen LogP contribution in [0.5, 0.6) is 17.2 Å². The van der Waals surface area contributed by atoms with E-state index in [1.165, 1.54) is 0 Å². The van der Waals surface area contributed by atoms with Crippen LogP contribution in [0.4, 0.5) is 0 Å². The topological polar surface area (TPSA) is 96.2 Å². The Labute approximate surface area is 185 Å². The number of para-hydroxylation sites is 1. The molecular formula is C23H25N3O6. The van der Waals surface area contributed by atoms with E-state index >= 15 is 0 Å². The van der Waals surface area contributed by atoms with Gasteiger partial charge in [0.25, 0.3) is 11.8 Å². The molecule has 0 unspecified atom stereocenters. The van der Waals surface area contributed by atoms with E-state index in [9.17, 15) is 4.79 Å². The van der Waals surface area contributed by atoms with Gasteiger partial charge in [0.05, 0.1) is 39.5 Å². The molecule has 0 spiro atoms. The second-order valence-corrected chi connectivity index (χ2v) is 7.27. The van der Waals surface area contributed by atoms with Gasteiger partial charge in [0.2, 0.25) is 0 Å². The van der Waals surface area contributed by atoms with Gasteiger partial charge in [-0.1, -0.05) is 17.3 Å². The van der Waals surface area contributed by atoms with Crippen LogP contribution in [-0.4, -0.2) is 68.1 Å². The van der Waals surface area contributed by atoms with Crippen LogP contribution < -0.4 is 14.2 Å². The predicted octanol–water partition coefficient (Wildman–Crippen LogP) is 2.85. The van der Waals surface area contributed by atoms with Crippen molar-refractivity contribution in [2.75, 3.05) is 41.0 Å². The van der Waals surface area contributed by atoms with E-state index < -0.39 is 0 Å². The van der Waals surface area contributed by atoms with Crippen molar-refractivity contribution >= 4 is 5.91 Å². The van der Waals surface area contributed by atoms with Crippen LogP contribution in [-0.2, 0) is 11.2 Å². The number of likely N-dealkylation sites (tertiary alicyclic amines) is 1. The fourth-order valence-corrected chi connectivity index (χ4v) is 3.41. The van der Waals surface area contributed by atoms with Gasteiger partial charge in [-0.15, -0.1) is 0 Å². The van der Waals surface area contributed by atoms with E-state index in [0.717, 1.165) is 0 Å². The number of amides is 1. The lowest BCUT2D eigenvalue weighted by molar-refractivity contribution is 0.0179. The van der Waals surface area contributed by atoms with Gasteiger partial charge in [-0.25, -0.2) is 0 Å². The van der Waals surface area contributed by atoms with Crippen molar-refractivity contribution in [3.05, 3.63) is 53.9 Å². The minimum atomic E-state index is -0.129. The lowest BCUT2D eigenvalue weighted by Crippen LogP contribution is -2.56. The summed E-state index contributed by atoms with van der Waals surface area (Å²) in [6, 6.07) is 12.6. The Morgan fingerprint density at radius 1 is 1.06 bits per heavy atom. The first-order valence-electron chi connectivity index (χ1n) is 10.2. The Morgan fingerprint density at radius 2 is 1.84 bits per heavy atom. The molecule has 32 heavy (non-hydrogen) atoms. The molecule has 3 aromatic rings. The Bertz CT molecular complexity index is 1080. The van der Waals surface area contributed by atoms with E-state index in [1.54, 1.807) is 44.4 Å². The van der Waals surface area contributed by atoms with Gasteiger partial charge in [-0.3, -0.25) is 4.79 Å². The number of carbonyl (C=O) groups excluding carboxylic acids is 1. The fraction of sp³-hybridized carbons (Fsp3) is 0.348. The van der Waals surface area contributed by atoms with E-state index in [4.69, 9.17) is 23.5 Å². The van der Waals surface area contributed by atoms with Gasteiger partial charge >= 0.3 is 0 Å². The Balaban J connectivity index is 1.39. The zero-order chi connectivity index (χ0) is 22.5. The molecular weight excluding hydrogens is 414 g/mol. The number of rotatable bonds is 9. The van der Waals surface area contributed by atoms with Crippen molar-refractivity contribution in [3.8, 4) is 28.7 Å². The number of ether oxygens (including phenoxy) is 4. The monoisotopic (exact) mass is 439 g/mol. The highest BCUT2D eigenvalue weighted by molar-refractivity contribution is 5.95. The van der Waals surface area contributed by atoms with Gasteiger partial charge in [-0.05, 0) is 30.3 Å². The average molecular weight is 439 g/mol. The van der Waals surface area contributed by atoms with Crippen LogP contribution >= 0.6 is 0 Å². The van der Waals surface area contributed by atoms with Crippen molar-refractivity contribution in [2.45, 2.75) is 12.5 Å². The first-order chi connectivity index (χ1) is 15.6. The number of nitrogens with zero attached hydrogens (tertiary/aromatic N) is 3. The van der Waals surface area contributed by atoms with Gasteiger partial charge in [0, 0.05) is 19.1 Å². The fourth-order valence-electron chi connectivity index (χ4n) is 3.41. The molecule has 1 saturated heterocycles. The second kappa shape index (κ2) is 9.69. The zero-order valence-corrected chi connectivity index (χ0v) is 18.2.